The average molecular weight is 420 g/mol. The number of hydrogen-bond acceptors (Lipinski definition) is 5. The summed E-state index contributed by atoms with van der Waals surface area (Å²) in [6.07, 6.45) is -0.303. The van der Waals surface area contributed by atoms with Gasteiger partial charge >= 0.3 is 10.2 Å². The second-order valence-electron chi connectivity index (χ2n) is 7.07. The molecule has 2 aromatic carbocycles. The molecule has 1 atom stereocenters. The third kappa shape index (κ3) is 3.21. The average Bonchev–Trinajstić information content (AvgIpc) is 3.24. The quantitative estimate of drug-likeness (QED) is 0.750. The van der Waals surface area contributed by atoms with Crippen molar-refractivity contribution in [1.82, 2.24) is 0 Å². The van der Waals surface area contributed by atoms with E-state index in [0.717, 1.165) is 8.61 Å². The van der Waals surface area contributed by atoms with E-state index >= 15 is 0 Å². The smallest absolute Gasteiger partial charge is 0.326 e. The maximum atomic E-state index is 13.4. The molecule has 29 heavy (non-hydrogen) atoms. The number of alkyl halides is 2. The van der Waals surface area contributed by atoms with Crippen molar-refractivity contribution in [3.05, 3.63) is 36.4 Å². The van der Waals surface area contributed by atoms with Crippen LogP contribution in [0.25, 0.3) is 11.1 Å². The van der Waals surface area contributed by atoms with Crippen LogP contribution in [0.2, 0.25) is 0 Å². The molecule has 4 rings (SSSR count). The zero-order valence-electron chi connectivity index (χ0n) is 15.5. The summed E-state index contributed by atoms with van der Waals surface area (Å²) in [5.41, 5.74) is 8.51. The lowest BCUT2D eigenvalue weighted by molar-refractivity contribution is 0.101. The van der Waals surface area contributed by atoms with E-state index in [-0.39, 0.29) is 19.6 Å². The number of nitrogen functional groups attached to an aromatic ring is 1. The van der Waals surface area contributed by atoms with Gasteiger partial charge in [-0.15, -0.1) is 0 Å². The number of rotatable bonds is 5. The van der Waals surface area contributed by atoms with Crippen molar-refractivity contribution in [3.63, 3.8) is 0 Å². The molecule has 0 amide bonds. The highest BCUT2D eigenvalue weighted by atomic mass is 32.2. The number of anilines is 3. The Kier molecular flexibility index (Phi) is 4.31. The molecule has 1 fully saturated rings. The summed E-state index contributed by atoms with van der Waals surface area (Å²) in [5.74, 6) is -3.33. The Labute approximate surface area is 167 Å². The van der Waals surface area contributed by atoms with Crippen molar-refractivity contribution in [2.75, 3.05) is 34.5 Å². The molecule has 1 aliphatic heterocycles. The number of halogens is 2. The molecule has 2 aromatic rings. The topological polar surface area (TPSA) is 99.7 Å². The highest BCUT2D eigenvalue weighted by Crippen LogP contribution is 2.52. The van der Waals surface area contributed by atoms with Crippen LogP contribution < -0.4 is 19.1 Å². The third-order valence-electron chi connectivity index (χ3n) is 5.19. The van der Waals surface area contributed by atoms with Gasteiger partial charge in [-0.2, -0.15) is 13.7 Å². The van der Waals surface area contributed by atoms with Gasteiger partial charge in [0.05, 0.1) is 11.4 Å². The van der Waals surface area contributed by atoms with Gasteiger partial charge in [-0.05, 0) is 35.9 Å². The Morgan fingerprint density at radius 1 is 1.28 bits per heavy atom. The Morgan fingerprint density at radius 2 is 2.00 bits per heavy atom. The van der Waals surface area contributed by atoms with Gasteiger partial charge < -0.3 is 10.5 Å². The first kappa shape index (κ1) is 19.3. The Hall–Kier alpha value is -3.06. The number of ether oxygens (including phenoxy) is 1. The van der Waals surface area contributed by atoms with E-state index in [1.165, 1.54) is 7.05 Å². The van der Waals surface area contributed by atoms with Crippen LogP contribution in [0.3, 0.4) is 0 Å². The molecule has 0 spiro atoms. The van der Waals surface area contributed by atoms with Crippen LogP contribution in [-0.2, 0) is 10.2 Å². The Balaban J connectivity index is 1.71. The monoisotopic (exact) mass is 420 g/mol. The molecule has 2 aliphatic rings. The minimum Gasteiger partial charge on any atom is -0.479 e. The summed E-state index contributed by atoms with van der Waals surface area (Å²) in [6.45, 7) is -0.374. The van der Waals surface area contributed by atoms with Crippen molar-refractivity contribution in [1.29, 1.82) is 5.26 Å². The minimum atomic E-state index is -3.92. The molecule has 10 heteroatoms. The fraction of sp³-hybridized carbons (Fsp3) is 0.316. The van der Waals surface area contributed by atoms with Crippen LogP contribution in [0.4, 0.5) is 25.8 Å². The van der Waals surface area contributed by atoms with Crippen molar-refractivity contribution in [3.8, 4) is 22.9 Å². The van der Waals surface area contributed by atoms with Crippen LogP contribution in [0.5, 0.6) is 5.75 Å². The summed E-state index contributed by atoms with van der Waals surface area (Å²) >= 11 is 0. The lowest BCUT2D eigenvalue weighted by Gasteiger charge is -2.18. The van der Waals surface area contributed by atoms with Gasteiger partial charge in [-0.3, -0.25) is 8.61 Å². The fourth-order valence-corrected chi connectivity index (χ4v) is 4.86. The van der Waals surface area contributed by atoms with Crippen LogP contribution in [0.1, 0.15) is 6.42 Å². The zero-order chi connectivity index (χ0) is 21.0. The maximum absolute atomic E-state index is 13.4. The number of fused-ring (bicyclic) bond motifs is 1. The second kappa shape index (κ2) is 6.49. The van der Waals surface area contributed by atoms with Crippen LogP contribution >= 0.6 is 0 Å². The van der Waals surface area contributed by atoms with E-state index in [9.17, 15) is 17.2 Å². The molecule has 0 radical (unpaired) electrons. The molecule has 152 valence electrons. The summed E-state index contributed by atoms with van der Waals surface area (Å²) in [6, 6.07) is 11.8. The molecule has 1 saturated carbocycles. The number of nitrogens with zero attached hydrogens (tertiary/aromatic N) is 3. The van der Waals surface area contributed by atoms with E-state index in [1.807, 2.05) is 6.07 Å². The first-order valence-electron chi connectivity index (χ1n) is 8.83. The van der Waals surface area contributed by atoms with Gasteiger partial charge in [-0.1, -0.05) is 6.07 Å². The minimum absolute atomic E-state index is 0.116. The predicted molar refractivity (Wildman–Crippen MR) is 105 cm³/mol. The molecule has 2 N–H and O–H groups in total. The second-order valence-corrected chi connectivity index (χ2v) is 8.95. The maximum Gasteiger partial charge on any atom is 0.326 e. The van der Waals surface area contributed by atoms with Gasteiger partial charge in [0.15, 0.2) is 6.61 Å². The van der Waals surface area contributed by atoms with E-state index in [4.69, 9.17) is 15.7 Å². The molecule has 7 nitrogen and oxygen atoms in total. The molecular formula is C19H18F2N4O3S. The Bertz CT molecular complexity index is 1130. The van der Waals surface area contributed by atoms with E-state index < -0.39 is 22.0 Å². The Morgan fingerprint density at radius 3 is 2.66 bits per heavy atom. The van der Waals surface area contributed by atoms with Gasteiger partial charge in [0.1, 0.15) is 11.8 Å². The zero-order valence-corrected chi connectivity index (χ0v) is 16.3. The summed E-state index contributed by atoms with van der Waals surface area (Å²) < 4.78 is 59.6. The van der Waals surface area contributed by atoms with E-state index in [0.29, 0.717) is 33.9 Å². The molecule has 0 saturated heterocycles. The molecular weight excluding hydrogens is 402 g/mol. The first-order valence-corrected chi connectivity index (χ1v) is 10.2. The van der Waals surface area contributed by atoms with Gasteiger partial charge in [0.2, 0.25) is 0 Å². The van der Waals surface area contributed by atoms with Crippen LogP contribution in [0, 0.1) is 17.2 Å². The third-order valence-corrected chi connectivity index (χ3v) is 6.98. The SMILES string of the molecule is CN1c2cc(-c3cc(OCC#N)ccc3N)ccc2N(CC2CC2(F)F)S1(=O)=O. The van der Waals surface area contributed by atoms with Crippen molar-refractivity contribution >= 4 is 27.3 Å². The van der Waals surface area contributed by atoms with Crippen molar-refractivity contribution in [2.24, 2.45) is 5.92 Å². The predicted octanol–water partition coefficient (Wildman–Crippen LogP) is 2.99. The summed E-state index contributed by atoms with van der Waals surface area (Å²) in [4.78, 5) is 0. The largest absolute Gasteiger partial charge is 0.479 e. The normalized spacial score (nSPS) is 20.8. The highest BCUT2D eigenvalue weighted by molar-refractivity contribution is 7.94. The molecule has 0 aromatic heterocycles. The van der Waals surface area contributed by atoms with Gasteiger partial charge in [0.25, 0.3) is 5.92 Å². The molecule has 1 heterocycles. The van der Waals surface area contributed by atoms with Crippen LogP contribution in [0.15, 0.2) is 36.4 Å². The van der Waals surface area contributed by atoms with E-state index in [1.54, 1.807) is 36.4 Å². The molecule has 0 bridgehead atoms. The van der Waals surface area contributed by atoms with Gasteiger partial charge in [-0.25, -0.2) is 8.78 Å². The molecule has 1 aliphatic carbocycles. The number of benzene rings is 2. The van der Waals surface area contributed by atoms with Crippen molar-refractivity contribution in [2.45, 2.75) is 12.3 Å². The van der Waals surface area contributed by atoms with Gasteiger partial charge in [0, 0.05) is 37.2 Å². The van der Waals surface area contributed by atoms with E-state index in [2.05, 4.69) is 0 Å². The fourth-order valence-electron chi connectivity index (χ4n) is 3.40. The summed E-state index contributed by atoms with van der Waals surface area (Å²) in [7, 11) is -2.53. The first-order chi connectivity index (χ1) is 13.6. The van der Waals surface area contributed by atoms with Crippen LogP contribution in [-0.4, -0.2) is 34.5 Å². The number of hydrogen-bond donors (Lipinski definition) is 1. The lowest BCUT2D eigenvalue weighted by Crippen LogP contribution is -2.37. The number of nitriles is 1. The summed E-state index contributed by atoms with van der Waals surface area (Å²) in [5, 5.41) is 8.66. The standard InChI is InChI=1S/C19H18F2N4O3S/c1-24-18-8-12(15-9-14(28-7-6-22)3-4-16(15)23)2-5-17(18)25(29(24,26)27)11-13-10-19(13,20)21/h2-5,8-9,13H,7,10-11,23H2,1H3. The highest BCUT2D eigenvalue weighted by Gasteiger charge is 2.59. The lowest BCUT2D eigenvalue weighted by atomic mass is 10.0. The number of nitrogens with two attached hydrogens (primary N) is 1. The van der Waals surface area contributed by atoms with Crippen molar-refractivity contribution < 1.29 is 21.9 Å². The molecule has 1 unspecified atom stereocenters.